The number of hydrogen-bond acceptors (Lipinski definition) is 3. The Balaban J connectivity index is 2.26. The molecule has 0 fully saturated rings. The van der Waals surface area contributed by atoms with Crippen molar-refractivity contribution in [2.45, 2.75) is 46.1 Å². The highest BCUT2D eigenvalue weighted by molar-refractivity contribution is 6.03. The maximum absolute atomic E-state index is 12.7. The lowest BCUT2D eigenvalue weighted by Crippen LogP contribution is -2.46. The molecule has 1 aromatic carbocycles. The van der Waals surface area contributed by atoms with Crippen molar-refractivity contribution in [3.8, 4) is 0 Å². The summed E-state index contributed by atoms with van der Waals surface area (Å²) in [5.41, 5.74) is 6.05. The van der Waals surface area contributed by atoms with Crippen molar-refractivity contribution in [1.82, 2.24) is 0 Å². The fourth-order valence-electron chi connectivity index (χ4n) is 3.20. The summed E-state index contributed by atoms with van der Waals surface area (Å²) in [5, 5.41) is 0. The van der Waals surface area contributed by atoms with Gasteiger partial charge in [-0.25, -0.2) is 4.79 Å². The minimum absolute atomic E-state index is 0.116. The number of primary amides is 1. The second-order valence-corrected chi connectivity index (χ2v) is 7.12. The van der Waals surface area contributed by atoms with Gasteiger partial charge in [0.15, 0.2) is 0 Å². The van der Waals surface area contributed by atoms with Gasteiger partial charge in [0.2, 0.25) is 0 Å². The largest absolute Gasteiger partial charge is 0.438 e. The first-order valence-electron chi connectivity index (χ1n) is 8.27. The van der Waals surface area contributed by atoms with E-state index in [1.54, 1.807) is 11.0 Å². The first-order chi connectivity index (χ1) is 11.2. The minimum Gasteiger partial charge on any atom is -0.438 e. The molecular weight excluding hydrogens is 304 g/mol. The van der Waals surface area contributed by atoms with Crippen LogP contribution in [0.2, 0.25) is 0 Å². The molecule has 1 atom stereocenters. The van der Waals surface area contributed by atoms with E-state index in [4.69, 9.17) is 10.5 Å². The molecule has 1 aromatic rings. The van der Waals surface area contributed by atoms with Crippen LogP contribution in [-0.2, 0) is 16.0 Å². The quantitative estimate of drug-likeness (QED) is 0.860. The molecule has 1 heterocycles. The number of anilines is 1. The van der Waals surface area contributed by atoms with E-state index < -0.39 is 17.1 Å². The monoisotopic (exact) mass is 330 g/mol. The number of ether oxygens (including phenoxy) is 1. The molecule has 5 nitrogen and oxygen atoms in total. The Bertz CT molecular complexity index is 661. The van der Waals surface area contributed by atoms with Gasteiger partial charge in [0.05, 0.1) is 0 Å². The second kappa shape index (κ2) is 6.67. The third-order valence-electron chi connectivity index (χ3n) is 4.73. The number of para-hydroxylation sites is 1. The third-order valence-corrected chi connectivity index (χ3v) is 4.73. The van der Waals surface area contributed by atoms with E-state index in [-0.39, 0.29) is 5.91 Å². The van der Waals surface area contributed by atoms with Gasteiger partial charge in [-0.1, -0.05) is 45.9 Å². The lowest BCUT2D eigenvalue weighted by atomic mass is 9.74. The van der Waals surface area contributed by atoms with Crippen LogP contribution in [0.3, 0.4) is 0 Å². The molecule has 0 bridgehead atoms. The van der Waals surface area contributed by atoms with Gasteiger partial charge in [0.25, 0.3) is 5.91 Å². The van der Waals surface area contributed by atoms with Crippen LogP contribution in [-0.4, -0.2) is 24.1 Å². The molecule has 2 N–H and O–H groups in total. The van der Waals surface area contributed by atoms with Gasteiger partial charge in [-0.2, -0.15) is 0 Å². The average molecular weight is 330 g/mol. The Kier molecular flexibility index (Phi) is 5.02. The number of carbonyl (C=O) groups is 2. The number of nitrogens with two attached hydrogens (primary N) is 1. The summed E-state index contributed by atoms with van der Waals surface area (Å²) in [7, 11) is 0. The standard InChI is InChI=1S/C19H26N2O3/c1-5-19(18(2,3)4,24-17(20)23)12-10-16(22)21-13-11-14-8-6-7-9-15(14)21/h6-10,12H,5,11,13H2,1-4H3,(H2,20,23)/t19-/m1/s1. The van der Waals surface area contributed by atoms with Crippen LogP contribution in [0.4, 0.5) is 10.5 Å². The maximum Gasteiger partial charge on any atom is 0.405 e. The van der Waals surface area contributed by atoms with Gasteiger partial charge in [0, 0.05) is 23.7 Å². The highest BCUT2D eigenvalue weighted by Gasteiger charge is 2.42. The Morgan fingerprint density at radius 2 is 1.96 bits per heavy atom. The summed E-state index contributed by atoms with van der Waals surface area (Å²) in [5.74, 6) is -0.116. The molecule has 1 aliphatic heterocycles. The van der Waals surface area contributed by atoms with Crippen LogP contribution in [0, 0.1) is 5.41 Å². The Morgan fingerprint density at radius 3 is 2.54 bits per heavy atom. The number of nitrogens with zero attached hydrogens (tertiary/aromatic N) is 1. The molecule has 5 heteroatoms. The number of hydrogen-bond donors (Lipinski definition) is 1. The fourth-order valence-corrected chi connectivity index (χ4v) is 3.20. The van der Waals surface area contributed by atoms with Crippen molar-refractivity contribution >= 4 is 17.7 Å². The summed E-state index contributed by atoms with van der Waals surface area (Å²) in [4.78, 5) is 25.8. The highest BCUT2D eigenvalue weighted by atomic mass is 16.6. The van der Waals surface area contributed by atoms with E-state index in [2.05, 4.69) is 0 Å². The van der Waals surface area contributed by atoms with Crippen molar-refractivity contribution in [1.29, 1.82) is 0 Å². The van der Waals surface area contributed by atoms with E-state index in [1.807, 2.05) is 52.0 Å². The average Bonchev–Trinajstić information content (AvgIpc) is 2.93. The van der Waals surface area contributed by atoms with E-state index in [1.165, 1.54) is 11.6 Å². The molecule has 0 spiro atoms. The van der Waals surface area contributed by atoms with Gasteiger partial charge in [-0.15, -0.1) is 0 Å². The molecule has 0 aromatic heterocycles. The van der Waals surface area contributed by atoms with Crippen molar-refractivity contribution in [2.24, 2.45) is 11.1 Å². The van der Waals surface area contributed by atoms with Crippen LogP contribution in [0.25, 0.3) is 0 Å². The number of rotatable bonds is 4. The number of amides is 2. The van der Waals surface area contributed by atoms with Crippen LogP contribution in [0.15, 0.2) is 36.4 Å². The zero-order chi connectivity index (χ0) is 18.0. The molecule has 0 radical (unpaired) electrons. The molecule has 2 amide bonds. The van der Waals surface area contributed by atoms with E-state index >= 15 is 0 Å². The molecule has 0 unspecified atom stereocenters. The molecule has 0 saturated heterocycles. The number of carbonyl (C=O) groups excluding carboxylic acids is 2. The predicted octanol–water partition coefficient (Wildman–Crippen LogP) is 3.42. The maximum atomic E-state index is 12.7. The van der Waals surface area contributed by atoms with Gasteiger partial charge in [-0.05, 0) is 30.5 Å². The lowest BCUT2D eigenvalue weighted by molar-refractivity contribution is -0.114. The molecule has 0 saturated carbocycles. The van der Waals surface area contributed by atoms with Crippen LogP contribution >= 0.6 is 0 Å². The van der Waals surface area contributed by atoms with Crippen molar-refractivity contribution < 1.29 is 14.3 Å². The smallest absolute Gasteiger partial charge is 0.405 e. The Labute approximate surface area is 143 Å². The molecular formula is C19H26N2O3. The molecule has 24 heavy (non-hydrogen) atoms. The highest BCUT2D eigenvalue weighted by Crippen LogP contribution is 2.38. The van der Waals surface area contributed by atoms with Crippen LogP contribution in [0.5, 0.6) is 0 Å². The lowest BCUT2D eigenvalue weighted by Gasteiger charge is -2.40. The number of benzene rings is 1. The predicted molar refractivity (Wildman–Crippen MR) is 94.8 cm³/mol. The van der Waals surface area contributed by atoms with Gasteiger partial charge in [-0.3, -0.25) is 4.79 Å². The summed E-state index contributed by atoms with van der Waals surface area (Å²) in [6.07, 6.45) is 3.72. The summed E-state index contributed by atoms with van der Waals surface area (Å²) in [6.45, 7) is 8.44. The zero-order valence-electron chi connectivity index (χ0n) is 14.8. The van der Waals surface area contributed by atoms with Crippen LogP contribution in [0.1, 0.15) is 39.7 Å². The van der Waals surface area contributed by atoms with Gasteiger partial charge < -0.3 is 15.4 Å². The molecule has 2 rings (SSSR count). The van der Waals surface area contributed by atoms with Crippen molar-refractivity contribution in [2.75, 3.05) is 11.4 Å². The molecule has 1 aliphatic rings. The topological polar surface area (TPSA) is 72.6 Å². The molecule has 130 valence electrons. The van der Waals surface area contributed by atoms with Crippen molar-refractivity contribution in [3.63, 3.8) is 0 Å². The minimum atomic E-state index is -0.923. The summed E-state index contributed by atoms with van der Waals surface area (Å²) < 4.78 is 5.42. The Morgan fingerprint density at radius 1 is 1.29 bits per heavy atom. The normalized spacial score (nSPS) is 16.8. The fraction of sp³-hybridized carbons (Fsp3) is 0.474. The van der Waals surface area contributed by atoms with E-state index in [9.17, 15) is 9.59 Å². The molecule has 0 aliphatic carbocycles. The zero-order valence-corrected chi connectivity index (χ0v) is 14.8. The number of fused-ring (bicyclic) bond motifs is 1. The SMILES string of the molecule is CC[C@](C=CC(=O)N1CCc2ccccc21)(OC(N)=O)C(C)(C)C. The first kappa shape index (κ1) is 18.0. The summed E-state index contributed by atoms with van der Waals surface area (Å²) in [6, 6.07) is 7.89. The second-order valence-electron chi connectivity index (χ2n) is 7.12. The first-order valence-corrected chi connectivity index (χ1v) is 8.27. The third kappa shape index (κ3) is 3.45. The van der Waals surface area contributed by atoms with Gasteiger partial charge in [0.1, 0.15) is 5.60 Å². The van der Waals surface area contributed by atoms with Gasteiger partial charge >= 0.3 is 6.09 Å². The Hall–Kier alpha value is -2.30. The van der Waals surface area contributed by atoms with Crippen molar-refractivity contribution in [3.05, 3.63) is 42.0 Å². The van der Waals surface area contributed by atoms with E-state index in [0.29, 0.717) is 13.0 Å². The van der Waals surface area contributed by atoms with E-state index in [0.717, 1.165) is 12.1 Å². The summed E-state index contributed by atoms with van der Waals surface area (Å²) >= 11 is 0. The van der Waals surface area contributed by atoms with Crippen LogP contribution < -0.4 is 10.6 Å².